The van der Waals surface area contributed by atoms with E-state index in [-0.39, 0.29) is 30.4 Å². The first-order valence-electron chi connectivity index (χ1n) is 8.67. The van der Waals surface area contributed by atoms with Crippen LogP contribution in [0.1, 0.15) is 23.7 Å². The van der Waals surface area contributed by atoms with E-state index in [1.54, 1.807) is 38.1 Å². The molecule has 0 saturated heterocycles. The molecule has 0 aliphatic carbocycles. The zero-order chi connectivity index (χ0) is 20.1. The summed E-state index contributed by atoms with van der Waals surface area (Å²) in [4.78, 5) is 27.1. The van der Waals surface area contributed by atoms with E-state index < -0.39 is 17.3 Å². The minimum absolute atomic E-state index is 0.0340. The molecule has 0 radical (unpaired) electrons. The van der Waals surface area contributed by atoms with Gasteiger partial charge in [0.25, 0.3) is 0 Å². The Kier molecular flexibility index (Phi) is 3.85. The van der Waals surface area contributed by atoms with Gasteiger partial charge >= 0.3 is 5.97 Å². The topological polar surface area (TPSA) is 134 Å². The largest absolute Gasteiger partial charge is 0.465 e. The molecule has 4 rings (SSSR count). The summed E-state index contributed by atoms with van der Waals surface area (Å²) in [5, 5.41) is 16.9. The van der Waals surface area contributed by atoms with Gasteiger partial charge in [-0.1, -0.05) is 18.2 Å². The number of nitrogens with one attached hydrogen (secondary N) is 1. The molecule has 1 atom stereocenters. The van der Waals surface area contributed by atoms with Crippen LogP contribution in [0.4, 0.5) is 5.82 Å². The van der Waals surface area contributed by atoms with E-state index in [4.69, 9.17) is 15.2 Å². The number of carbonyl (C=O) groups is 2. The normalized spacial score (nSPS) is 19.9. The van der Waals surface area contributed by atoms with Gasteiger partial charge in [0.05, 0.1) is 6.61 Å². The Labute approximate surface area is 160 Å². The molecule has 2 aliphatic heterocycles. The van der Waals surface area contributed by atoms with Crippen LogP contribution in [0.25, 0.3) is 0 Å². The van der Waals surface area contributed by atoms with Gasteiger partial charge < -0.3 is 15.2 Å². The molecule has 9 heteroatoms. The van der Waals surface area contributed by atoms with Crippen molar-refractivity contribution < 1.29 is 19.1 Å². The number of aryl methyl sites for hydroxylation is 1. The molecule has 1 aromatic carbocycles. The standard InChI is InChI=1S/C19H17N5O4/c1-3-27-14(25)9-24-17-15(10(2)22-23-17)19(18(24)26)11-6-4-5-7-13(11)28-16(21)12(19)8-20/h4-7H,3,9,21H2,1-2H3,(H,22,23). The van der Waals surface area contributed by atoms with Crippen LogP contribution in [0.2, 0.25) is 0 Å². The van der Waals surface area contributed by atoms with Gasteiger partial charge in [-0.2, -0.15) is 10.4 Å². The van der Waals surface area contributed by atoms with E-state index in [0.717, 1.165) is 0 Å². The van der Waals surface area contributed by atoms with Crippen LogP contribution < -0.4 is 15.4 Å². The summed E-state index contributed by atoms with van der Waals surface area (Å²) in [6.45, 7) is 3.29. The number of fused-ring (bicyclic) bond motifs is 4. The lowest BCUT2D eigenvalue weighted by Crippen LogP contribution is -2.47. The smallest absolute Gasteiger partial charge is 0.326 e. The summed E-state index contributed by atoms with van der Waals surface area (Å²) in [6, 6.07) is 8.92. The number of aromatic amines is 1. The SMILES string of the molecule is CCOC(=O)CN1C(=O)C2(C(C#N)=C(N)Oc3ccccc32)c2c1n[nH]c2C. The van der Waals surface area contributed by atoms with E-state index in [9.17, 15) is 14.9 Å². The molecule has 3 heterocycles. The zero-order valence-electron chi connectivity index (χ0n) is 15.3. The second-order valence-electron chi connectivity index (χ2n) is 6.44. The number of carbonyl (C=O) groups excluding carboxylic acids is 2. The van der Waals surface area contributed by atoms with Crippen molar-refractivity contribution in [3.63, 3.8) is 0 Å². The van der Waals surface area contributed by atoms with Crippen LogP contribution >= 0.6 is 0 Å². The first-order chi connectivity index (χ1) is 13.5. The lowest BCUT2D eigenvalue weighted by Gasteiger charge is -2.34. The highest BCUT2D eigenvalue weighted by Crippen LogP contribution is 2.55. The summed E-state index contributed by atoms with van der Waals surface area (Å²) in [5.41, 5.74) is 6.01. The van der Waals surface area contributed by atoms with Gasteiger partial charge in [-0.3, -0.25) is 19.6 Å². The highest BCUT2D eigenvalue weighted by atomic mass is 16.5. The van der Waals surface area contributed by atoms with Crippen molar-refractivity contribution in [2.75, 3.05) is 18.1 Å². The van der Waals surface area contributed by atoms with Gasteiger partial charge in [0.15, 0.2) is 5.82 Å². The summed E-state index contributed by atoms with van der Waals surface area (Å²) in [5.74, 6) is -0.579. The van der Waals surface area contributed by atoms with Crippen LogP contribution in [0, 0.1) is 18.3 Å². The van der Waals surface area contributed by atoms with Gasteiger partial charge in [-0.05, 0) is 19.9 Å². The molecule has 142 valence electrons. The number of benzene rings is 1. The molecule has 3 N–H and O–H groups in total. The molecule has 1 spiro atoms. The number of nitrogens with zero attached hydrogens (tertiary/aromatic N) is 3. The molecule has 0 bridgehead atoms. The molecule has 1 unspecified atom stereocenters. The Morgan fingerprint density at radius 3 is 2.93 bits per heavy atom. The Morgan fingerprint density at radius 1 is 1.46 bits per heavy atom. The Bertz CT molecular complexity index is 1080. The molecule has 2 aliphatic rings. The van der Waals surface area contributed by atoms with Crippen molar-refractivity contribution in [3.8, 4) is 11.8 Å². The van der Waals surface area contributed by atoms with Crippen LogP contribution in [-0.2, 0) is 19.7 Å². The summed E-state index contributed by atoms with van der Waals surface area (Å²) in [7, 11) is 0. The summed E-state index contributed by atoms with van der Waals surface area (Å²) >= 11 is 0. The highest BCUT2D eigenvalue weighted by molar-refractivity contribution is 6.15. The lowest BCUT2D eigenvalue weighted by atomic mass is 9.69. The molecule has 1 amide bonds. The fourth-order valence-electron chi connectivity index (χ4n) is 3.92. The average molecular weight is 379 g/mol. The molecule has 0 saturated carbocycles. The first kappa shape index (κ1) is 17.6. The number of nitriles is 1. The summed E-state index contributed by atoms with van der Waals surface area (Å²) < 4.78 is 10.6. The molecule has 1 aromatic heterocycles. The maximum Gasteiger partial charge on any atom is 0.326 e. The van der Waals surface area contributed by atoms with Crippen molar-refractivity contribution in [1.29, 1.82) is 5.26 Å². The molecule has 28 heavy (non-hydrogen) atoms. The number of rotatable bonds is 3. The number of hydrogen-bond donors (Lipinski definition) is 2. The van der Waals surface area contributed by atoms with Crippen molar-refractivity contribution in [2.45, 2.75) is 19.3 Å². The number of amides is 1. The number of esters is 1. The summed E-state index contributed by atoms with van der Waals surface area (Å²) in [6.07, 6.45) is 0. The quantitative estimate of drug-likeness (QED) is 0.760. The zero-order valence-corrected chi connectivity index (χ0v) is 15.3. The third-order valence-electron chi connectivity index (χ3n) is 4.96. The lowest BCUT2D eigenvalue weighted by molar-refractivity contribution is -0.142. The van der Waals surface area contributed by atoms with Crippen molar-refractivity contribution in [1.82, 2.24) is 10.2 Å². The maximum absolute atomic E-state index is 13.7. The van der Waals surface area contributed by atoms with Gasteiger partial charge in [-0.25, -0.2) is 0 Å². The van der Waals surface area contributed by atoms with Crippen LogP contribution in [0.5, 0.6) is 5.75 Å². The van der Waals surface area contributed by atoms with Gasteiger partial charge in [-0.15, -0.1) is 0 Å². The second kappa shape index (κ2) is 6.13. The predicted octanol–water partition coefficient (Wildman–Crippen LogP) is 1.00. The molecular formula is C19H17N5O4. The van der Waals surface area contributed by atoms with Crippen molar-refractivity contribution >= 4 is 17.7 Å². The number of H-pyrrole nitrogens is 1. The molecule has 9 nitrogen and oxygen atoms in total. The maximum atomic E-state index is 13.7. The minimum Gasteiger partial charge on any atom is -0.465 e. The fraction of sp³-hybridized carbons (Fsp3) is 0.263. The first-order valence-corrected chi connectivity index (χ1v) is 8.67. The van der Waals surface area contributed by atoms with Gasteiger partial charge in [0.2, 0.25) is 11.8 Å². The number of anilines is 1. The fourth-order valence-corrected chi connectivity index (χ4v) is 3.92. The van der Waals surface area contributed by atoms with Gasteiger partial charge in [0, 0.05) is 16.8 Å². The number of aromatic nitrogens is 2. The second-order valence-corrected chi connectivity index (χ2v) is 6.44. The van der Waals surface area contributed by atoms with Crippen molar-refractivity contribution in [3.05, 3.63) is 52.5 Å². The Balaban J connectivity index is 2.01. The minimum atomic E-state index is -1.54. The third kappa shape index (κ3) is 2.08. The third-order valence-corrected chi connectivity index (χ3v) is 4.96. The van der Waals surface area contributed by atoms with Crippen LogP contribution in [0.3, 0.4) is 0 Å². The number of hydrogen-bond acceptors (Lipinski definition) is 7. The number of nitrogens with two attached hydrogens (primary N) is 1. The number of ether oxygens (including phenoxy) is 2. The predicted molar refractivity (Wildman–Crippen MR) is 97.0 cm³/mol. The molecule has 0 fully saturated rings. The molecule has 2 aromatic rings. The van der Waals surface area contributed by atoms with Crippen LogP contribution in [-0.4, -0.2) is 35.2 Å². The van der Waals surface area contributed by atoms with E-state index >= 15 is 0 Å². The van der Waals surface area contributed by atoms with Crippen LogP contribution in [0.15, 0.2) is 35.7 Å². The van der Waals surface area contributed by atoms with E-state index in [1.807, 2.05) is 6.07 Å². The highest BCUT2D eigenvalue weighted by Gasteiger charge is 2.61. The van der Waals surface area contributed by atoms with E-state index in [2.05, 4.69) is 10.2 Å². The molecular weight excluding hydrogens is 362 g/mol. The van der Waals surface area contributed by atoms with E-state index in [1.165, 1.54) is 4.90 Å². The van der Waals surface area contributed by atoms with Gasteiger partial charge in [0.1, 0.15) is 29.4 Å². The van der Waals surface area contributed by atoms with E-state index in [0.29, 0.717) is 22.6 Å². The Morgan fingerprint density at radius 2 is 2.21 bits per heavy atom. The monoisotopic (exact) mass is 379 g/mol. The number of para-hydroxylation sites is 1. The Hall–Kier alpha value is -3.80. The van der Waals surface area contributed by atoms with Crippen molar-refractivity contribution in [2.24, 2.45) is 5.73 Å². The average Bonchev–Trinajstić information content (AvgIpc) is 3.15.